The summed E-state index contributed by atoms with van der Waals surface area (Å²) in [6, 6.07) is 5.60. The molecule has 5 rings (SSSR count). The molecule has 0 saturated carbocycles. The van der Waals surface area contributed by atoms with Crippen LogP contribution in [0.2, 0.25) is 5.15 Å². The number of aromatic nitrogens is 5. The van der Waals surface area contributed by atoms with Gasteiger partial charge in [0.15, 0.2) is 5.69 Å². The number of carbonyl (C=O) groups excluding carboxylic acids is 1. The number of pyridine rings is 1. The summed E-state index contributed by atoms with van der Waals surface area (Å²) in [4.78, 5) is 26.0. The van der Waals surface area contributed by atoms with Crippen LogP contribution in [0.3, 0.4) is 0 Å². The van der Waals surface area contributed by atoms with E-state index < -0.39 is 17.8 Å². The first-order chi connectivity index (χ1) is 16.8. The van der Waals surface area contributed by atoms with Crippen molar-refractivity contribution in [2.45, 2.75) is 25.8 Å². The molecule has 1 aliphatic carbocycles. The molecule has 3 aromatic heterocycles. The van der Waals surface area contributed by atoms with Crippen molar-refractivity contribution >= 4 is 45.9 Å². The second-order valence-corrected chi connectivity index (χ2v) is 8.77. The van der Waals surface area contributed by atoms with Crippen molar-refractivity contribution in [3.8, 4) is 0 Å². The molecule has 178 valence electrons. The van der Waals surface area contributed by atoms with E-state index in [4.69, 9.17) is 26.3 Å². The Morgan fingerprint density at radius 2 is 2.09 bits per heavy atom. The first-order valence-electron chi connectivity index (χ1n) is 11.0. The van der Waals surface area contributed by atoms with Gasteiger partial charge in [-0.3, -0.25) is 4.68 Å². The van der Waals surface area contributed by atoms with E-state index in [0.717, 1.165) is 35.4 Å². The number of rotatable bonds is 5. The van der Waals surface area contributed by atoms with Gasteiger partial charge in [0.25, 0.3) is 0 Å². The van der Waals surface area contributed by atoms with Gasteiger partial charge in [0.2, 0.25) is 0 Å². The predicted molar refractivity (Wildman–Crippen MR) is 132 cm³/mol. The van der Waals surface area contributed by atoms with Crippen molar-refractivity contribution in [1.29, 1.82) is 0 Å². The average Bonchev–Trinajstić information content (AvgIpc) is 3.43. The second-order valence-electron chi connectivity index (χ2n) is 8.39. The third kappa shape index (κ3) is 4.46. The largest absolute Gasteiger partial charge is 0.464 e. The van der Waals surface area contributed by atoms with Crippen molar-refractivity contribution in [1.82, 2.24) is 24.7 Å². The van der Waals surface area contributed by atoms with Gasteiger partial charge >= 0.3 is 5.97 Å². The normalized spacial score (nSPS) is 14.8. The number of halogens is 2. The first kappa shape index (κ1) is 22.9. The molecule has 0 radical (unpaired) electrons. The van der Waals surface area contributed by atoms with Crippen molar-refractivity contribution in [2.75, 3.05) is 12.4 Å². The molecule has 1 N–H and O–H groups in total. The number of fused-ring (bicyclic) bond motifs is 2. The highest BCUT2D eigenvalue weighted by atomic mass is 35.5. The van der Waals surface area contributed by atoms with E-state index in [0.29, 0.717) is 22.3 Å². The number of esters is 1. The van der Waals surface area contributed by atoms with E-state index in [1.165, 1.54) is 19.2 Å². The molecule has 0 amide bonds. The molecular weight excluding hydrogens is 471 g/mol. The smallest absolute Gasteiger partial charge is 0.358 e. The molecule has 10 heteroatoms. The summed E-state index contributed by atoms with van der Waals surface area (Å²) < 4.78 is 21.2. The fourth-order valence-electron chi connectivity index (χ4n) is 4.29. The molecule has 0 saturated heterocycles. The minimum absolute atomic E-state index is 0.0428. The maximum Gasteiger partial charge on any atom is 0.358 e. The Morgan fingerprint density at radius 1 is 1.26 bits per heavy atom. The maximum atomic E-state index is 14.6. The van der Waals surface area contributed by atoms with Crippen LogP contribution < -0.4 is 5.32 Å². The van der Waals surface area contributed by atoms with Gasteiger partial charge in [-0.25, -0.2) is 24.1 Å². The number of benzene rings is 1. The van der Waals surface area contributed by atoms with Gasteiger partial charge < -0.3 is 10.1 Å². The van der Waals surface area contributed by atoms with Crippen LogP contribution in [0, 0.1) is 5.82 Å². The Hall–Kier alpha value is -3.85. The Kier molecular flexibility index (Phi) is 5.94. The quantitative estimate of drug-likeness (QED) is 0.309. The van der Waals surface area contributed by atoms with Crippen LogP contribution in [0.5, 0.6) is 0 Å². The number of nitrogens with zero attached hydrogens (tertiary/aromatic N) is 5. The van der Waals surface area contributed by atoms with Gasteiger partial charge in [0.05, 0.1) is 47.5 Å². The summed E-state index contributed by atoms with van der Waals surface area (Å²) in [7, 11) is 3.14. The van der Waals surface area contributed by atoms with E-state index in [-0.39, 0.29) is 10.8 Å². The van der Waals surface area contributed by atoms with Gasteiger partial charge in [-0.2, -0.15) is 5.10 Å². The number of aryl methyl sites for hydroxylation is 2. The Morgan fingerprint density at radius 3 is 2.83 bits per heavy atom. The predicted octanol–water partition coefficient (Wildman–Crippen LogP) is 5.00. The van der Waals surface area contributed by atoms with Crippen molar-refractivity contribution in [3.05, 3.63) is 75.8 Å². The van der Waals surface area contributed by atoms with E-state index in [1.54, 1.807) is 23.0 Å². The van der Waals surface area contributed by atoms with Gasteiger partial charge in [0.1, 0.15) is 11.0 Å². The highest BCUT2D eigenvalue weighted by Crippen LogP contribution is 2.35. The summed E-state index contributed by atoms with van der Waals surface area (Å²) >= 11 is 5.97. The molecule has 1 aliphatic rings. The van der Waals surface area contributed by atoms with E-state index in [2.05, 4.69) is 21.5 Å². The van der Waals surface area contributed by atoms with E-state index in [9.17, 15) is 9.18 Å². The third-order valence-corrected chi connectivity index (χ3v) is 6.13. The lowest BCUT2D eigenvalue weighted by Crippen LogP contribution is -2.14. The van der Waals surface area contributed by atoms with Crippen molar-refractivity contribution in [2.24, 2.45) is 7.05 Å². The molecule has 1 atom stereocenters. The molecule has 0 fully saturated rings. The minimum atomic E-state index is -0.630. The van der Waals surface area contributed by atoms with Gasteiger partial charge in [-0.05, 0) is 49.6 Å². The molecule has 3 heterocycles. The molecule has 8 nitrogen and oxygen atoms in total. The SMILES string of the molecule is COC(=O)c1nc(Cl)ccc1N[C@H](C)c1cc(F)cc2nc3c(nc12)C(=Cc1cnn(C)c1)CC3. The molecule has 0 spiro atoms. The maximum absolute atomic E-state index is 14.6. The average molecular weight is 493 g/mol. The number of nitrogens with one attached hydrogen (secondary N) is 1. The van der Waals surface area contributed by atoms with Crippen molar-refractivity contribution in [3.63, 3.8) is 0 Å². The zero-order chi connectivity index (χ0) is 24.7. The number of ether oxygens (including phenoxy) is 1. The lowest BCUT2D eigenvalue weighted by Gasteiger charge is -2.19. The van der Waals surface area contributed by atoms with E-state index >= 15 is 0 Å². The van der Waals surface area contributed by atoms with Crippen LogP contribution in [0.4, 0.5) is 10.1 Å². The minimum Gasteiger partial charge on any atom is -0.464 e. The number of allylic oxidation sites excluding steroid dienone is 1. The summed E-state index contributed by atoms with van der Waals surface area (Å²) in [5.74, 6) is -1.05. The number of hydrogen-bond acceptors (Lipinski definition) is 7. The molecular formula is C25H22ClFN6O2. The van der Waals surface area contributed by atoms with Gasteiger partial charge in [-0.1, -0.05) is 11.6 Å². The summed E-state index contributed by atoms with van der Waals surface area (Å²) in [5.41, 5.74) is 5.84. The molecule has 0 bridgehead atoms. The zero-order valence-corrected chi connectivity index (χ0v) is 20.1. The lowest BCUT2D eigenvalue weighted by atomic mass is 10.0. The molecule has 4 aromatic rings. The topological polar surface area (TPSA) is 94.8 Å². The van der Waals surface area contributed by atoms with E-state index in [1.807, 2.05) is 20.2 Å². The van der Waals surface area contributed by atoms with Crippen LogP contribution in [-0.2, 0) is 18.2 Å². The van der Waals surface area contributed by atoms with Crippen LogP contribution in [0.15, 0.2) is 36.7 Å². The van der Waals surface area contributed by atoms with Gasteiger partial charge in [0, 0.05) is 30.4 Å². The summed E-state index contributed by atoms with van der Waals surface area (Å²) in [6.45, 7) is 1.85. The second kappa shape index (κ2) is 9.07. The lowest BCUT2D eigenvalue weighted by molar-refractivity contribution is 0.0595. The standard InChI is InChI=1S/C25H22ClFN6O2/c1-13(29-19-6-7-21(26)31-24(19)25(34)35-3)17-9-16(27)10-20-23(17)32-22-15(4-5-18(22)30-20)8-14-11-28-33(2)12-14/h6-13,29H,4-5H2,1-3H3/t13-/m1/s1. The number of carbonyl (C=O) groups is 1. The van der Waals surface area contributed by atoms with Crippen LogP contribution in [0.1, 0.15) is 52.4 Å². The number of methoxy groups -OCH3 is 1. The summed E-state index contributed by atoms with van der Waals surface area (Å²) in [6.07, 6.45) is 7.33. The molecule has 0 aliphatic heterocycles. The van der Waals surface area contributed by atoms with Crippen LogP contribution >= 0.6 is 11.6 Å². The molecule has 35 heavy (non-hydrogen) atoms. The van der Waals surface area contributed by atoms with Gasteiger partial charge in [-0.15, -0.1) is 0 Å². The van der Waals surface area contributed by atoms with Crippen LogP contribution in [0.25, 0.3) is 22.7 Å². The monoisotopic (exact) mass is 492 g/mol. The van der Waals surface area contributed by atoms with Crippen molar-refractivity contribution < 1.29 is 13.9 Å². The first-order valence-corrected chi connectivity index (χ1v) is 11.4. The number of anilines is 1. The third-order valence-electron chi connectivity index (χ3n) is 5.92. The fourth-order valence-corrected chi connectivity index (χ4v) is 4.44. The summed E-state index contributed by atoms with van der Waals surface area (Å²) in [5, 5.41) is 7.61. The highest BCUT2D eigenvalue weighted by molar-refractivity contribution is 6.29. The molecule has 0 unspecified atom stereocenters. The highest BCUT2D eigenvalue weighted by Gasteiger charge is 2.24. The van der Waals surface area contributed by atoms with Crippen LogP contribution in [-0.4, -0.2) is 37.8 Å². The Bertz CT molecular complexity index is 1500. The fraction of sp³-hybridized carbons (Fsp3) is 0.240. The zero-order valence-electron chi connectivity index (χ0n) is 19.3. The number of hydrogen-bond donors (Lipinski definition) is 1. The molecule has 1 aromatic carbocycles. The Labute approximate surface area is 205 Å². The Balaban J connectivity index is 1.57.